The van der Waals surface area contributed by atoms with Gasteiger partial charge in [0, 0.05) is 25.4 Å². The Bertz CT molecular complexity index is 893. The van der Waals surface area contributed by atoms with Crippen LogP contribution in [-0.2, 0) is 5.75 Å². The highest BCUT2D eigenvalue weighted by molar-refractivity contribution is 7.98. The predicted octanol–water partition coefficient (Wildman–Crippen LogP) is 2.67. The second-order valence-electron chi connectivity index (χ2n) is 5.76. The molecule has 0 unspecified atom stereocenters. The van der Waals surface area contributed by atoms with Crippen molar-refractivity contribution in [1.82, 2.24) is 25.1 Å². The number of tetrazole rings is 1. The molecule has 0 radical (unpaired) electrons. The van der Waals surface area contributed by atoms with E-state index in [1.807, 2.05) is 48.5 Å². The molecule has 0 spiro atoms. The lowest BCUT2D eigenvalue weighted by atomic mass is 10.1. The maximum atomic E-state index is 12.1. The van der Waals surface area contributed by atoms with E-state index in [9.17, 15) is 4.79 Å². The Balaban J connectivity index is 1.74. The molecule has 3 aromatic rings. The summed E-state index contributed by atoms with van der Waals surface area (Å²) < 4.78 is 6.85. The zero-order chi connectivity index (χ0) is 18.5. The average molecular weight is 369 g/mol. The van der Waals surface area contributed by atoms with Crippen molar-refractivity contribution in [1.29, 1.82) is 0 Å². The van der Waals surface area contributed by atoms with E-state index in [1.165, 1.54) is 11.8 Å². The van der Waals surface area contributed by atoms with Crippen LogP contribution < -0.4 is 4.74 Å². The minimum absolute atomic E-state index is 0.0140. The van der Waals surface area contributed by atoms with Crippen LogP contribution in [0, 0.1) is 0 Å². The van der Waals surface area contributed by atoms with Gasteiger partial charge in [-0.25, -0.2) is 0 Å². The molecule has 7 nitrogen and oxygen atoms in total. The van der Waals surface area contributed by atoms with E-state index < -0.39 is 0 Å². The zero-order valence-electron chi connectivity index (χ0n) is 14.8. The standard InChI is InChI=1S/C18H19N5O2S/c1-22(2)17(24)14-6-4-5-13(11-14)12-26-18-19-20-21-23(18)15-7-9-16(25-3)10-8-15/h4-11H,12H2,1-3H3. The molecule has 0 saturated carbocycles. The molecule has 0 N–H and O–H groups in total. The first-order chi connectivity index (χ1) is 12.6. The van der Waals surface area contributed by atoms with Gasteiger partial charge in [0.05, 0.1) is 12.8 Å². The molecule has 0 aliphatic carbocycles. The van der Waals surface area contributed by atoms with E-state index in [1.54, 1.807) is 30.8 Å². The summed E-state index contributed by atoms with van der Waals surface area (Å²) in [7, 11) is 5.11. The van der Waals surface area contributed by atoms with Gasteiger partial charge in [-0.05, 0) is 52.4 Å². The molecular weight excluding hydrogens is 350 g/mol. The minimum Gasteiger partial charge on any atom is -0.497 e. The summed E-state index contributed by atoms with van der Waals surface area (Å²) >= 11 is 1.51. The van der Waals surface area contributed by atoms with Gasteiger partial charge in [-0.2, -0.15) is 4.68 Å². The Morgan fingerprint density at radius 3 is 2.65 bits per heavy atom. The van der Waals surface area contributed by atoms with Crippen LogP contribution in [0.4, 0.5) is 0 Å². The van der Waals surface area contributed by atoms with E-state index in [0.717, 1.165) is 17.0 Å². The Labute approximate surface area is 156 Å². The molecule has 1 amide bonds. The van der Waals surface area contributed by atoms with Crippen LogP contribution in [0.5, 0.6) is 5.75 Å². The van der Waals surface area contributed by atoms with Crippen molar-refractivity contribution in [3.8, 4) is 11.4 Å². The fourth-order valence-electron chi connectivity index (χ4n) is 2.35. The Kier molecular flexibility index (Phi) is 5.52. The molecule has 8 heteroatoms. The smallest absolute Gasteiger partial charge is 0.253 e. The largest absolute Gasteiger partial charge is 0.497 e. The first-order valence-electron chi connectivity index (χ1n) is 7.94. The third-order valence-corrected chi connectivity index (χ3v) is 4.70. The monoisotopic (exact) mass is 369 g/mol. The minimum atomic E-state index is -0.0140. The van der Waals surface area contributed by atoms with Crippen molar-refractivity contribution >= 4 is 17.7 Å². The first kappa shape index (κ1) is 17.9. The maximum absolute atomic E-state index is 12.1. The van der Waals surface area contributed by atoms with Crippen molar-refractivity contribution in [2.45, 2.75) is 10.9 Å². The number of nitrogens with zero attached hydrogens (tertiary/aromatic N) is 5. The second kappa shape index (κ2) is 8.01. The Morgan fingerprint density at radius 1 is 1.19 bits per heavy atom. The molecule has 3 rings (SSSR count). The predicted molar refractivity (Wildman–Crippen MR) is 99.7 cm³/mol. The summed E-state index contributed by atoms with van der Waals surface area (Å²) in [5, 5.41) is 12.6. The SMILES string of the molecule is COc1ccc(-n2nnnc2SCc2cccc(C(=O)N(C)C)c2)cc1. The summed E-state index contributed by atoms with van der Waals surface area (Å²) in [6, 6.07) is 15.1. The highest BCUT2D eigenvalue weighted by Gasteiger charge is 2.11. The maximum Gasteiger partial charge on any atom is 0.253 e. The van der Waals surface area contributed by atoms with Crippen LogP contribution in [0.15, 0.2) is 53.7 Å². The third-order valence-electron chi connectivity index (χ3n) is 3.71. The summed E-state index contributed by atoms with van der Waals surface area (Å²) in [4.78, 5) is 13.7. The number of aromatic nitrogens is 4. The van der Waals surface area contributed by atoms with Gasteiger partial charge in [-0.1, -0.05) is 23.9 Å². The number of carbonyl (C=O) groups excluding carboxylic acids is 1. The van der Waals surface area contributed by atoms with Crippen LogP contribution in [0.2, 0.25) is 0 Å². The lowest BCUT2D eigenvalue weighted by Gasteiger charge is -2.11. The van der Waals surface area contributed by atoms with Crippen molar-refractivity contribution in [3.05, 3.63) is 59.7 Å². The Morgan fingerprint density at radius 2 is 1.96 bits per heavy atom. The van der Waals surface area contributed by atoms with E-state index in [2.05, 4.69) is 15.5 Å². The molecular formula is C18H19N5O2S. The number of hydrogen-bond donors (Lipinski definition) is 0. The van der Waals surface area contributed by atoms with E-state index in [0.29, 0.717) is 16.5 Å². The normalized spacial score (nSPS) is 10.6. The van der Waals surface area contributed by atoms with Gasteiger partial charge < -0.3 is 9.64 Å². The van der Waals surface area contributed by atoms with Crippen LogP contribution >= 0.6 is 11.8 Å². The second-order valence-corrected chi connectivity index (χ2v) is 6.70. The van der Waals surface area contributed by atoms with E-state index in [-0.39, 0.29) is 5.91 Å². The number of ether oxygens (including phenoxy) is 1. The Hall–Kier alpha value is -2.87. The molecule has 0 atom stereocenters. The van der Waals surface area contributed by atoms with Crippen molar-refractivity contribution < 1.29 is 9.53 Å². The van der Waals surface area contributed by atoms with Crippen LogP contribution in [-0.4, -0.2) is 52.2 Å². The number of thioether (sulfide) groups is 1. The quantitative estimate of drug-likeness (QED) is 0.622. The number of rotatable bonds is 6. The van der Waals surface area contributed by atoms with Gasteiger partial charge in [0.15, 0.2) is 0 Å². The first-order valence-corrected chi connectivity index (χ1v) is 8.93. The van der Waals surface area contributed by atoms with E-state index in [4.69, 9.17) is 4.74 Å². The number of benzene rings is 2. The molecule has 1 aromatic heterocycles. The van der Waals surface area contributed by atoms with Gasteiger partial charge in [0.25, 0.3) is 5.91 Å². The summed E-state index contributed by atoms with van der Waals surface area (Å²) in [6.45, 7) is 0. The topological polar surface area (TPSA) is 73.1 Å². The van der Waals surface area contributed by atoms with Gasteiger partial charge in [-0.3, -0.25) is 4.79 Å². The molecule has 0 fully saturated rings. The van der Waals surface area contributed by atoms with E-state index >= 15 is 0 Å². The van der Waals surface area contributed by atoms with Gasteiger partial charge in [-0.15, -0.1) is 5.10 Å². The summed E-state index contributed by atoms with van der Waals surface area (Å²) in [6.07, 6.45) is 0. The molecule has 26 heavy (non-hydrogen) atoms. The van der Waals surface area contributed by atoms with Gasteiger partial charge in [0.1, 0.15) is 5.75 Å². The number of amides is 1. The van der Waals surface area contributed by atoms with Crippen molar-refractivity contribution in [2.75, 3.05) is 21.2 Å². The molecule has 134 valence electrons. The fraction of sp³-hybridized carbons (Fsp3) is 0.222. The van der Waals surface area contributed by atoms with Gasteiger partial charge in [0.2, 0.25) is 5.16 Å². The molecule has 0 aliphatic heterocycles. The average Bonchev–Trinajstić information content (AvgIpc) is 3.14. The molecule has 0 aliphatic rings. The number of methoxy groups -OCH3 is 1. The number of carbonyl (C=O) groups is 1. The highest BCUT2D eigenvalue weighted by Crippen LogP contribution is 2.24. The lowest BCUT2D eigenvalue weighted by Crippen LogP contribution is -2.21. The summed E-state index contributed by atoms with van der Waals surface area (Å²) in [5.41, 5.74) is 2.56. The van der Waals surface area contributed by atoms with Crippen LogP contribution in [0.3, 0.4) is 0 Å². The third kappa shape index (κ3) is 4.02. The van der Waals surface area contributed by atoms with Crippen molar-refractivity contribution in [3.63, 3.8) is 0 Å². The molecule has 1 heterocycles. The number of hydrogen-bond acceptors (Lipinski definition) is 6. The molecule has 0 bridgehead atoms. The summed E-state index contributed by atoms with van der Waals surface area (Å²) in [5.74, 6) is 1.42. The van der Waals surface area contributed by atoms with Gasteiger partial charge >= 0.3 is 0 Å². The van der Waals surface area contributed by atoms with Crippen LogP contribution in [0.1, 0.15) is 15.9 Å². The highest BCUT2D eigenvalue weighted by atomic mass is 32.2. The van der Waals surface area contributed by atoms with Crippen molar-refractivity contribution in [2.24, 2.45) is 0 Å². The fourth-order valence-corrected chi connectivity index (χ4v) is 3.19. The molecule has 2 aromatic carbocycles. The molecule has 0 saturated heterocycles. The zero-order valence-corrected chi connectivity index (χ0v) is 15.6. The van der Waals surface area contributed by atoms with Crippen LogP contribution in [0.25, 0.3) is 5.69 Å². The lowest BCUT2D eigenvalue weighted by molar-refractivity contribution is 0.0827.